The van der Waals surface area contributed by atoms with Crippen LogP contribution in [0.15, 0.2) is 91.0 Å². The van der Waals surface area contributed by atoms with Gasteiger partial charge in [-0.05, 0) is 36.3 Å². The summed E-state index contributed by atoms with van der Waals surface area (Å²) < 4.78 is 12.3. The molecule has 2 amide bonds. The summed E-state index contributed by atoms with van der Waals surface area (Å²) in [6, 6.07) is 28.4. The largest absolute Gasteiger partial charge is 0.438 e. The van der Waals surface area contributed by atoms with Gasteiger partial charge in [-0.1, -0.05) is 97.9 Å². The Morgan fingerprint density at radius 3 is 1.88 bits per heavy atom. The predicted octanol–water partition coefficient (Wildman–Crippen LogP) is 6.68. The number of nitrogens with zero attached hydrogens (tertiary/aromatic N) is 1. The molecule has 0 radical (unpaired) electrons. The molecule has 5 nitrogen and oxygen atoms in total. The molecular weight excluding hydrogens is 442 g/mol. The maximum Gasteiger partial charge on any atom is 0.417 e. The highest BCUT2D eigenvalue weighted by Crippen LogP contribution is 2.44. The molecule has 1 aliphatic heterocycles. The van der Waals surface area contributed by atoms with Gasteiger partial charge in [0.25, 0.3) is 0 Å². The summed E-state index contributed by atoms with van der Waals surface area (Å²) in [6.07, 6.45) is -1.67. The first-order valence-corrected chi connectivity index (χ1v) is 15.0. The monoisotopic (exact) mass is 473 g/mol. The Morgan fingerprint density at radius 1 is 0.853 bits per heavy atom. The zero-order chi connectivity index (χ0) is 24.3. The second-order valence-electron chi connectivity index (χ2n) is 9.63. The van der Waals surface area contributed by atoms with Gasteiger partial charge in [0.15, 0.2) is 14.4 Å². The van der Waals surface area contributed by atoms with E-state index in [-0.39, 0.29) is 5.91 Å². The lowest BCUT2D eigenvalue weighted by Crippen LogP contribution is -2.42. The van der Waals surface area contributed by atoms with Crippen LogP contribution in [0.3, 0.4) is 0 Å². The van der Waals surface area contributed by atoms with Gasteiger partial charge >= 0.3 is 6.09 Å². The Bertz CT molecular complexity index is 1120. The van der Waals surface area contributed by atoms with Crippen LogP contribution in [0.5, 0.6) is 0 Å². The van der Waals surface area contributed by atoms with E-state index in [2.05, 4.69) is 19.6 Å². The zero-order valence-corrected chi connectivity index (χ0v) is 21.0. The number of benzene rings is 3. The van der Waals surface area contributed by atoms with Crippen LogP contribution in [0.25, 0.3) is 0 Å². The molecule has 176 valence electrons. The third-order valence-electron chi connectivity index (χ3n) is 5.95. The molecule has 0 aromatic heterocycles. The number of imide groups is 1. The summed E-state index contributed by atoms with van der Waals surface area (Å²) >= 11 is 0. The normalized spacial score (nSPS) is 20.0. The first kappa shape index (κ1) is 23.9. The van der Waals surface area contributed by atoms with Crippen LogP contribution >= 0.6 is 0 Å². The summed E-state index contributed by atoms with van der Waals surface area (Å²) in [5, 5.41) is 0. The van der Waals surface area contributed by atoms with Gasteiger partial charge in [-0.3, -0.25) is 4.79 Å². The van der Waals surface area contributed by atoms with Crippen molar-refractivity contribution in [1.29, 1.82) is 0 Å². The summed E-state index contributed by atoms with van der Waals surface area (Å²) in [5.41, 5.74) is 2.63. The first-order valence-electron chi connectivity index (χ1n) is 11.6. The molecule has 0 bridgehead atoms. The fourth-order valence-electron chi connectivity index (χ4n) is 4.40. The quantitative estimate of drug-likeness (QED) is 0.359. The standard InChI is InChI=1S/C28H31NO4Si/c1-20(25(33-34(2,3)4)22-16-10-6-11-17-22)27(30)29-24(21-14-8-5-9-15-21)26(32-28(29)31)23-18-12-7-13-19-23/h5-20,24-26H,1-4H3/t20-,24-,25-,26+/m1/s1. The van der Waals surface area contributed by atoms with Crippen molar-refractivity contribution in [3.8, 4) is 0 Å². The minimum atomic E-state index is -2.00. The second kappa shape index (κ2) is 9.95. The third-order valence-corrected chi connectivity index (χ3v) is 6.91. The lowest BCUT2D eigenvalue weighted by Gasteiger charge is -2.33. The van der Waals surface area contributed by atoms with Crippen LogP contribution in [0.1, 0.15) is 41.9 Å². The molecule has 0 aliphatic carbocycles. The number of ether oxygens (including phenoxy) is 1. The lowest BCUT2D eigenvalue weighted by atomic mass is 9.92. The van der Waals surface area contributed by atoms with Gasteiger partial charge in [0, 0.05) is 0 Å². The average molecular weight is 474 g/mol. The summed E-state index contributed by atoms with van der Waals surface area (Å²) in [6.45, 7) is 8.14. The van der Waals surface area contributed by atoms with Crippen LogP contribution in [-0.4, -0.2) is 25.2 Å². The molecule has 34 heavy (non-hydrogen) atoms. The number of carbonyl (C=O) groups is 2. The van der Waals surface area contributed by atoms with E-state index < -0.39 is 38.6 Å². The Hall–Kier alpha value is -3.22. The third kappa shape index (κ3) is 5.13. The highest BCUT2D eigenvalue weighted by atomic mass is 28.4. The molecule has 3 aromatic rings. The van der Waals surface area contributed by atoms with Crippen molar-refractivity contribution in [3.05, 3.63) is 108 Å². The van der Waals surface area contributed by atoms with Gasteiger partial charge in [-0.2, -0.15) is 0 Å². The van der Waals surface area contributed by atoms with E-state index in [0.717, 1.165) is 16.7 Å². The molecule has 4 rings (SSSR count). The van der Waals surface area contributed by atoms with E-state index >= 15 is 0 Å². The van der Waals surface area contributed by atoms with Crippen molar-refractivity contribution in [2.45, 2.75) is 44.8 Å². The molecule has 0 saturated carbocycles. The van der Waals surface area contributed by atoms with Gasteiger partial charge in [-0.25, -0.2) is 9.69 Å². The van der Waals surface area contributed by atoms with Crippen molar-refractivity contribution in [2.24, 2.45) is 5.92 Å². The number of hydrogen-bond donors (Lipinski definition) is 0. The Morgan fingerprint density at radius 2 is 1.35 bits per heavy atom. The molecule has 0 unspecified atom stereocenters. The highest BCUT2D eigenvalue weighted by Gasteiger charge is 2.49. The highest BCUT2D eigenvalue weighted by molar-refractivity contribution is 6.69. The second-order valence-corrected chi connectivity index (χ2v) is 14.1. The molecular formula is C28H31NO4Si. The van der Waals surface area contributed by atoms with Gasteiger partial charge in [0.05, 0.1) is 12.0 Å². The molecule has 1 fully saturated rings. The van der Waals surface area contributed by atoms with Crippen molar-refractivity contribution >= 4 is 20.3 Å². The van der Waals surface area contributed by atoms with E-state index in [1.54, 1.807) is 0 Å². The van der Waals surface area contributed by atoms with Crippen molar-refractivity contribution in [1.82, 2.24) is 4.90 Å². The SMILES string of the molecule is C[C@@H](C(=O)N1C(=O)O[C@@H](c2ccccc2)[C@H]1c1ccccc1)[C@@H](O[Si](C)(C)C)c1ccccc1. The fourth-order valence-corrected chi connectivity index (χ4v) is 5.51. The molecule has 0 N–H and O–H groups in total. The number of rotatable bonds is 7. The minimum absolute atomic E-state index is 0.301. The van der Waals surface area contributed by atoms with Crippen molar-refractivity contribution in [3.63, 3.8) is 0 Å². The number of amides is 2. The fraction of sp³-hybridized carbons (Fsp3) is 0.286. The molecule has 3 aromatic carbocycles. The van der Waals surface area contributed by atoms with Gasteiger partial charge < -0.3 is 9.16 Å². The predicted molar refractivity (Wildman–Crippen MR) is 134 cm³/mol. The molecule has 1 saturated heterocycles. The maximum absolute atomic E-state index is 14.0. The Kier molecular flexibility index (Phi) is 7.00. The smallest absolute Gasteiger partial charge is 0.417 e. The summed E-state index contributed by atoms with van der Waals surface area (Å²) in [4.78, 5) is 28.5. The van der Waals surface area contributed by atoms with Crippen LogP contribution in [0.4, 0.5) is 4.79 Å². The number of cyclic esters (lactones) is 1. The molecule has 1 heterocycles. The van der Waals surface area contributed by atoms with E-state index in [4.69, 9.17) is 9.16 Å². The molecule has 6 heteroatoms. The van der Waals surface area contributed by atoms with Gasteiger partial charge in [-0.15, -0.1) is 0 Å². The topological polar surface area (TPSA) is 55.8 Å². The van der Waals surface area contributed by atoms with Crippen LogP contribution in [0, 0.1) is 5.92 Å². The Labute approximate surface area is 202 Å². The molecule has 0 spiro atoms. The van der Waals surface area contributed by atoms with E-state index in [0.29, 0.717) is 0 Å². The molecule has 1 aliphatic rings. The van der Waals surface area contributed by atoms with Crippen molar-refractivity contribution in [2.75, 3.05) is 0 Å². The zero-order valence-electron chi connectivity index (χ0n) is 20.0. The van der Waals surface area contributed by atoms with E-state index in [9.17, 15) is 9.59 Å². The Balaban J connectivity index is 1.72. The summed E-state index contributed by atoms with van der Waals surface area (Å²) in [7, 11) is -2.00. The van der Waals surface area contributed by atoms with Crippen LogP contribution in [0.2, 0.25) is 19.6 Å². The van der Waals surface area contributed by atoms with Gasteiger partial charge in [0.2, 0.25) is 5.91 Å². The average Bonchev–Trinajstić information content (AvgIpc) is 3.19. The van der Waals surface area contributed by atoms with Gasteiger partial charge in [0.1, 0.15) is 6.04 Å². The number of carbonyl (C=O) groups excluding carboxylic acids is 2. The van der Waals surface area contributed by atoms with Crippen molar-refractivity contribution < 1.29 is 18.8 Å². The molecule has 4 atom stereocenters. The minimum Gasteiger partial charge on any atom is -0.438 e. The van der Waals surface area contributed by atoms with Crippen LogP contribution < -0.4 is 0 Å². The maximum atomic E-state index is 14.0. The lowest BCUT2D eigenvalue weighted by molar-refractivity contribution is -0.136. The van der Waals surface area contributed by atoms with Crippen LogP contribution in [-0.2, 0) is 14.0 Å². The van der Waals surface area contributed by atoms with E-state index in [1.807, 2.05) is 97.9 Å². The first-order chi connectivity index (χ1) is 16.3. The van der Waals surface area contributed by atoms with E-state index in [1.165, 1.54) is 4.90 Å². The number of hydrogen-bond acceptors (Lipinski definition) is 4. The summed E-state index contributed by atoms with van der Waals surface area (Å²) in [5.74, 6) is -0.883.